The number of piperidine rings is 1. The van der Waals surface area contributed by atoms with E-state index in [1.807, 2.05) is 12.1 Å². The third-order valence-corrected chi connectivity index (χ3v) is 5.94. The molecule has 2 heterocycles. The standard InChI is InChI=1S/C25H26N3O3/c1-17-25(30)23(16-29)27-24(26-17)15-18-11-13-28(14-12-18)21-7-3-19(4-8-21)20-5-9-22(31-2)10-6-20/h3-10,18,30H,11-15H2,1-2H3. The van der Waals surface area contributed by atoms with Gasteiger partial charge in [-0.25, -0.2) is 9.97 Å². The van der Waals surface area contributed by atoms with E-state index in [-0.39, 0.29) is 11.4 Å². The summed E-state index contributed by atoms with van der Waals surface area (Å²) in [7, 11) is 1.67. The van der Waals surface area contributed by atoms with Crippen molar-refractivity contribution in [2.24, 2.45) is 5.92 Å². The molecule has 1 radical (unpaired) electrons. The van der Waals surface area contributed by atoms with Crippen molar-refractivity contribution in [2.75, 3.05) is 25.1 Å². The minimum absolute atomic E-state index is 0.0446. The molecule has 0 saturated carbocycles. The zero-order valence-electron chi connectivity index (χ0n) is 17.8. The third-order valence-electron chi connectivity index (χ3n) is 5.94. The van der Waals surface area contributed by atoms with Crippen molar-refractivity contribution in [3.63, 3.8) is 0 Å². The Labute approximate surface area is 182 Å². The average Bonchev–Trinajstić information content (AvgIpc) is 2.82. The molecule has 1 aromatic heterocycles. The van der Waals surface area contributed by atoms with Crippen LogP contribution in [-0.2, 0) is 11.2 Å². The summed E-state index contributed by atoms with van der Waals surface area (Å²) in [6.07, 6.45) is 4.47. The highest BCUT2D eigenvalue weighted by molar-refractivity contribution is 5.76. The van der Waals surface area contributed by atoms with E-state index >= 15 is 0 Å². The van der Waals surface area contributed by atoms with Crippen LogP contribution in [0.15, 0.2) is 48.5 Å². The molecule has 0 unspecified atom stereocenters. The lowest BCUT2D eigenvalue weighted by Gasteiger charge is -2.33. The highest BCUT2D eigenvalue weighted by Crippen LogP contribution is 2.29. The summed E-state index contributed by atoms with van der Waals surface area (Å²) in [6.45, 7) is 3.62. The third kappa shape index (κ3) is 4.68. The molecule has 31 heavy (non-hydrogen) atoms. The van der Waals surface area contributed by atoms with Crippen LogP contribution in [0.4, 0.5) is 5.69 Å². The highest BCUT2D eigenvalue weighted by atomic mass is 16.5. The van der Waals surface area contributed by atoms with Gasteiger partial charge < -0.3 is 14.7 Å². The van der Waals surface area contributed by atoms with Crippen LogP contribution in [0.3, 0.4) is 0 Å². The molecule has 6 nitrogen and oxygen atoms in total. The maximum absolute atomic E-state index is 11.0. The Hall–Kier alpha value is -3.41. The average molecular weight is 417 g/mol. The molecule has 0 spiro atoms. The van der Waals surface area contributed by atoms with Gasteiger partial charge in [0.2, 0.25) is 0 Å². The van der Waals surface area contributed by atoms with Crippen molar-refractivity contribution in [1.29, 1.82) is 0 Å². The van der Waals surface area contributed by atoms with Gasteiger partial charge in [0.15, 0.2) is 11.4 Å². The molecule has 4 rings (SSSR count). The van der Waals surface area contributed by atoms with Gasteiger partial charge in [0.1, 0.15) is 11.6 Å². The number of aromatic nitrogens is 2. The molecule has 1 aliphatic rings. The van der Waals surface area contributed by atoms with Crippen LogP contribution < -0.4 is 9.64 Å². The number of aromatic hydroxyl groups is 1. The Kier molecular flexibility index (Phi) is 6.16. The van der Waals surface area contributed by atoms with Crippen molar-refractivity contribution >= 4 is 12.0 Å². The number of benzene rings is 2. The number of carbonyl (C=O) groups excluding carboxylic acids is 1. The Morgan fingerprint density at radius 3 is 2.23 bits per heavy atom. The van der Waals surface area contributed by atoms with Gasteiger partial charge in [-0.05, 0) is 61.1 Å². The van der Waals surface area contributed by atoms with Gasteiger partial charge in [-0.1, -0.05) is 24.3 Å². The smallest absolute Gasteiger partial charge is 0.257 e. The number of hydrogen-bond donors (Lipinski definition) is 1. The summed E-state index contributed by atoms with van der Waals surface area (Å²) < 4.78 is 5.23. The fraction of sp³-hybridized carbons (Fsp3) is 0.320. The Morgan fingerprint density at radius 2 is 1.65 bits per heavy atom. The monoisotopic (exact) mass is 416 g/mol. The second kappa shape index (κ2) is 9.16. The van der Waals surface area contributed by atoms with Gasteiger partial charge in [-0.2, -0.15) is 0 Å². The minimum Gasteiger partial charge on any atom is -0.504 e. The number of nitrogens with zero attached hydrogens (tertiary/aromatic N) is 3. The first kappa shape index (κ1) is 20.8. The van der Waals surface area contributed by atoms with E-state index in [2.05, 4.69) is 51.3 Å². The molecule has 1 fully saturated rings. The minimum atomic E-state index is -0.174. The van der Waals surface area contributed by atoms with Gasteiger partial charge in [0.05, 0.1) is 12.8 Å². The Bertz CT molecular complexity index is 1040. The van der Waals surface area contributed by atoms with E-state index in [1.54, 1.807) is 20.3 Å². The molecule has 0 atom stereocenters. The first-order chi connectivity index (χ1) is 15.1. The second-order valence-electron chi connectivity index (χ2n) is 7.93. The fourth-order valence-electron chi connectivity index (χ4n) is 4.09. The predicted molar refractivity (Wildman–Crippen MR) is 120 cm³/mol. The number of methoxy groups -OCH3 is 1. The van der Waals surface area contributed by atoms with Crippen LogP contribution in [-0.4, -0.2) is 41.6 Å². The summed E-state index contributed by atoms with van der Waals surface area (Å²) in [5.74, 6) is 1.75. The van der Waals surface area contributed by atoms with Crippen LogP contribution in [0.5, 0.6) is 11.5 Å². The maximum Gasteiger partial charge on any atom is 0.257 e. The first-order valence-corrected chi connectivity index (χ1v) is 10.5. The van der Waals surface area contributed by atoms with E-state index in [4.69, 9.17) is 4.74 Å². The molecule has 1 aliphatic heterocycles. The zero-order valence-corrected chi connectivity index (χ0v) is 17.8. The molecule has 1 saturated heterocycles. The fourth-order valence-corrected chi connectivity index (χ4v) is 4.09. The summed E-state index contributed by atoms with van der Waals surface area (Å²) in [5, 5.41) is 9.80. The van der Waals surface area contributed by atoms with Crippen molar-refractivity contribution < 1.29 is 14.6 Å². The number of rotatable bonds is 6. The summed E-state index contributed by atoms with van der Waals surface area (Å²) in [5.41, 5.74) is 3.96. The lowest BCUT2D eigenvalue weighted by Crippen LogP contribution is -2.34. The van der Waals surface area contributed by atoms with Gasteiger partial charge in [-0.15, -0.1) is 0 Å². The van der Waals surface area contributed by atoms with Crippen molar-refractivity contribution in [3.05, 3.63) is 65.7 Å². The molecule has 2 aromatic carbocycles. The van der Waals surface area contributed by atoms with Crippen LogP contribution in [0, 0.1) is 12.8 Å². The SMILES string of the molecule is COc1ccc(-c2ccc(N3CCC(Cc4nc(C)c(O)c([C]=O)n4)CC3)cc2)cc1. The van der Waals surface area contributed by atoms with Crippen LogP contribution >= 0.6 is 0 Å². The first-order valence-electron chi connectivity index (χ1n) is 10.5. The van der Waals surface area contributed by atoms with Gasteiger partial charge in [-0.3, -0.25) is 4.79 Å². The van der Waals surface area contributed by atoms with Crippen LogP contribution in [0.25, 0.3) is 11.1 Å². The highest BCUT2D eigenvalue weighted by Gasteiger charge is 2.22. The molecule has 0 aliphatic carbocycles. The van der Waals surface area contributed by atoms with Gasteiger partial charge >= 0.3 is 0 Å². The topological polar surface area (TPSA) is 75.6 Å². The summed E-state index contributed by atoms with van der Waals surface area (Å²) >= 11 is 0. The molecule has 159 valence electrons. The van der Waals surface area contributed by atoms with Gasteiger partial charge in [0.25, 0.3) is 6.29 Å². The van der Waals surface area contributed by atoms with E-state index in [0.29, 0.717) is 23.9 Å². The van der Waals surface area contributed by atoms with Crippen LogP contribution in [0.2, 0.25) is 0 Å². The molecule has 1 N–H and O–H groups in total. The molecule has 6 heteroatoms. The van der Waals surface area contributed by atoms with E-state index in [9.17, 15) is 9.90 Å². The molecular formula is C25H26N3O3. The van der Waals surface area contributed by atoms with Gasteiger partial charge in [0, 0.05) is 25.2 Å². The van der Waals surface area contributed by atoms with Crippen LogP contribution in [0.1, 0.15) is 30.1 Å². The number of ether oxygens (including phenoxy) is 1. The molecular weight excluding hydrogens is 390 g/mol. The summed E-state index contributed by atoms with van der Waals surface area (Å²) in [4.78, 5) is 21.9. The molecule has 3 aromatic rings. The quantitative estimate of drug-likeness (QED) is 0.653. The predicted octanol–water partition coefficient (Wildman–Crippen LogP) is 4.08. The maximum atomic E-state index is 11.0. The molecule has 0 amide bonds. The lowest BCUT2D eigenvalue weighted by atomic mass is 9.92. The second-order valence-corrected chi connectivity index (χ2v) is 7.93. The van der Waals surface area contributed by atoms with E-state index in [1.165, 1.54) is 16.8 Å². The van der Waals surface area contributed by atoms with E-state index < -0.39 is 0 Å². The number of hydrogen-bond acceptors (Lipinski definition) is 6. The number of anilines is 1. The number of aryl methyl sites for hydroxylation is 1. The van der Waals surface area contributed by atoms with Crippen molar-refractivity contribution in [2.45, 2.75) is 26.2 Å². The lowest BCUT2D eigenvalue weighted by molar-refractivity contribution is 0.394. The van der Waals surface area contributed by atoms with E-state index in [0.717, 1.165) is 31.7 Å². The molecule has 0 bridgehead atoms. The Balaban J connectivity index is 1.36. The Morgan fingerprint density at radius 1 is 1.03 bits per heavy atom. The normalized spacial score (nSPS) is 14.5. The summed E-state index contributed by atoms with van der Waals surface area (Å²) in [6, 6.07) is 16.8. The van der Waals surface area contributed by atoms with Crippen molar-refractivity contribution in [3.8, 4) is 22.6 Å². The largest absolute Gasteiger partial charge is 0.504 e. The zero-order chi connectivity index (χ0) is 21.8. The van der Waals surface area contributed by atoms with Crippen molar-refractivity contribution in [1.82, 2.24) is 9.97 Å².